The van der Waals surface area contributed by atoms with E-state index in [2.05, 4.69) is 46.3 Å². The van der Waals surface area contributed by atoms with Crippen molar-refractivity contribution in [1.29, 1.82) is 0 Å². The fraction of sp³-hybridized carbons (Fsp3) is 0.261. The molecule has 0 spiro atoms. The molecule has 0 amide bonds. The van der Waals surface area contributed by atoms with Gasteiger partial charge < -0.3 is 24.1 Å². The summed E-state index contributed by atoms with van der Waals surface area (Å²) >= 11 is 7.98. The number of hydrogen-bond acceptors (Lipinski definition) is 11. The van der Waals surface area contributed by atoms with E-state index >= 15 is 4.39 Å². The van der Waals surface area contributed by atoms with E-state index in [9.17, 15) is 9.59 Å². The summed E-state index contributed by atoms with van der Waals surface area (Å²) < 4.78 is 34.3. The highest BCUT2D eigenvalue weighted by molar-refractivity contribution is 7.13. The number of anilines is 1. The van der Waals surface area contributed by atoms with Crippen molar-refractivity contribution >= 4 is 52.0 Å². The third-order valence-electron chi connectivity index (χ3n) is 11.7. The van der Waals surface area contributed by atoms with Gasteiger partial charge >= 0.3 is 12.1 Å². The molecule has 14 heteroatoms. The Balaban J connectivity index is 1.22. The van der Waals surface area contributed by atoms with Gasteiger partial charge in [0.25, 0.3) is 0 Å². The van der Waals surface area contributed by atoms with Crippen molar-refractivity contribution in [3.63, 3.8) is 0 Å². The van der Waals surface area contributed by atoms with Gasteiger partial charge in [-0.25, -0.2) is 29.1 Å². The smallest absolute Gasteiger partial charge is 0.435 e. The summed E-state index contributed by atoms with van der Waals surface area (Å²) in [5.41, 5.74) is 3.40. The Hall–Kier alpha value is -6.18. The van der Waals surface area contributed by atoms with E-state index in [0.717, 1.165) is 42.4 Å². The Bertz CT molecular complexity index is 2530. The number of carbonyl (C=O) groups excluding carboxylic acids is 2. The minimum absolute atomic E-state index is 0.0128. The largest absolute Gasteiger partial charge is 0.511 e. The minimum Gasteiger partial charge on any atom is -0.435 e. The summed E-state index contributed by atoms with van der Waals surface area (Å²) in [5.74, 6) is -1.67. The molecule has 3 saturated carbocycles. The van der Waals surface area contributed by atoms with Crippen molar-refractivity contribution in [3.05, 3.63) is 149 Å². The Morgan fingerprint density at radius 1 is 0.833 bits per heavy atom. The SMILES string of the molecule is CCOC(=O)OCOC(=O)[C@H]1C2CCC(CC2)[C@@H]1Nc1nc(-c2cn(C(c3ccccc3)(c3ccccc3)c3ccccc3)c3ncc(Cl)nc23)nc(-c2cccs2)c1F. The number of thiophene rings is 1. The third kappa shape index (κ3) is 7.15. The summed E-state index contributed by atoms with van der Waals surface area (Å²) in [5, 5.41) is 5.42. The lowest BCUT2D eigenvalue weighted by Crippen LogP contribution is -2.52. The van der Waals surface area contributed by atoms with Gasteiger partial charge in [0.1, 0.15) is 21.9 Å². The molecule has 0 unspecified atom stereocenters. The molecule has 3 fully saturated rings. The Morgan fingerprint density at radius 2 is 1.47 bits per heavy atom. The van der Waals surface area contributed by atoms with Crippen LogP contribution in [0.1, 0.15) is 49.3 Å². The molecule has 0 radical (unpaired) electrons. The fourth-order valence-corrected chi connectivity index (χ4v) is 9.97. The van der Waals surface area contributed by atoms with Crippen molar-refractivity contribution in [3.8, 4) is 22.0 Å². The number of ether oxygens (including phenoxy) is 3. The summed E-state index contributed by atoms with van der Waals surface area (Å²) in [6.45, 7) is 1.19. The zero-order valence-electron chi connectivity index (χ0n) is 32.5. The molecule has 11 nitrogen and oxygen atoms in total. The number of nitrogens with one attached hydrogen (secondary N) is 1. The zero-order chi connectivity index (χ0) is 41.2. The van der Waals surface area contributed by atoms with E-state index in [1.807, 2.05) is 72.2 Å². The average molecular weight is 843 g/mol. The van der Waals surface area contributed by atoms with Crippen LogP contribution in [0, 0.1) is 23.6 Å². The molecule has 0 aliphatic heterocycles. The van der Waals surface area contributed by atoms with Crippen molar-refractivity contribution in [1.82, 2.24) is 24.5 Å². The van der Waals surface area contributed by atoms with Crippen LogP contribution in [0.3, 0.4) is 0 Å². The molecule has 1 N–H and O–H groups in total. The third-order valence-corrected chi connectivity index (χ3v) is 12.7. The van der Waals surface area contributed by atoms with Gasteiger partial charge in [0.05, 0.1) is 29.2 Å². The molecule has 60 heavy (non-hydrogen) atoms. The number of esters is 1. The molecule has 304 valence electrons. The Labute approximate surface area is 354 Å². The standard InChI is InChI=1S/C46H40ClFN6O5S/c1-2-57-45(56)59-27-58-44(55)36-28-20-22-29(23-21-28)38(36)51-42-37(48)40(34-19-12-24-60-34)52-41(53-42)33-26-54(43-39(33)50-35(47)25-49-43)46(30-13-6-3-7-14-30,31-15-8-4-9-16-31)32-17-10-5-11-18-32/h3-19,24-26,28-29,36,38H,2,20-23,27H2,1H3,(H,51,52,53)/t28?,29?,36-,38-/m0/s1. The van der Waals surface area contributed by atoms with Crippen LogP contribution in [0.4, 0.5) is 15.0 Å². The number of nitrogens with zero attached hydrogens (tertiary/aromatic N) is 5. The van der Waals surface area contributed by atoms with E-state index in [1.165, 1.54) is 17.5 Å². The highest BCUT2D eigenvalue weighted by atomic mass is 35.5. The lowest BCUT2D eigenvalue weighted by Gasteiger charge is -2.47. The second-order valence-corrected chi connectivity index (χ2v) is 16.2. The number of fused-ring (bicyclic) bond motifs is 4. The van der Waals surface area contributed by atoms with Gasteiger partial charge in [0, 0.05) is 12.2 Å². The van der Waals surface area contributed by atoms with Gasteiger partial charge in [0.2, 0.25) is 6.79 Å². The summed E-state index contributed by atoms with van der Waals surface area (Å²) in [4.78, 5) is 45.7. The van der Waals surface area contributed by atoms with Gasteiger partial charge in [0.15, 0.2) is 23.1 Å². The normalized spacial score (nSPS) is 18.6. The zero-order valence-corrected chi connectivity index (χ0v) is 34.1. The molecular weight excluding hydrogens is 803 g/mol. The first kappa shape index (κ1) is 39.3. The molecule has 3 aromatic carbocycles. The summed E-state index contributed by atoms with van der Waals surface area (Å²) in [6.07, 6.45) is 5.86. The highest BCUT2D eigenvalue weighted by Crippen LogP contribution is 2.48. The number of carbonyl (C=O) groups is 2. The lowest BCUT2D eigenvalue weighted by atomic mass is 9.61. The van der Waals surface area contributed by atoms with Gasteiger partial charge in [-0.2, -0.15) is 0 Å². The van der Waals surface area contributed by atoms with Crippen LogP contribution >= 0.6 is 22.9 Å². The van der Waals surface area contributed by atoms with E-state index in [-0.39, 0.29) is 40.9 Å². The van der Waals surface area contributed by atoms with E-state index in [1.54, 1.807) is 13.0 Å². The van der Waals surface area contributed by atoms with E-state index < -0.39 is 42.2 Å². The summed E-state index contributed by atoms with van der Waals surface area (Å²) in [6, 6.07) is 33.6. The predicted octanol–water partition coefficient (Wildman–Crippen LogP) is 10.1. The number of rotatable bonds is 12. The second kappa shape index (κ2) is 16.8. The number of halogens is 2. The van der Waals surface area contributed by atoms with E-state index in [0.29, 0.717) is 21.6 Å². The van der Waals surface area contributed by atoms with Crippen LogP contribution in [0.25, 0.3) is 33.1 Å². The maximum Gasteiger partial charge on any atom is 0.511 e. The van der Waals surface area contributed by atoms with Gasteiger partial charge in [-0.1, -0.05) is 109 Å². The number of benzene rings is 3. The quantitative estimate of drug-likeness (QED) is 0.0721. The maximum atomic E-state index is 17.0. The maximum absolute atomic E-state index is 17.0. The number of aromatic nitrogens is 5. The first-order valence-electron chi connectivity index (χ1n) is 19.9. The predicted molar refractivity (Wildman–Crippen MR) is 227 cm³/mol. The molecule has 2 bridgehead atoms. The molecule has 4 aromatic heterocycles. The second-order valence-electron chi connectivity index (χ2n) is 14.9. The first-order chi connectivity index (χ1) is 29.4. The van der Waals surface area contributed by atoms with Crippen molar-refractivity contribution in [2.45, 2.75) is 44.2 Å². The minimum atomic E-state index is -0.980. The molecule has 7 aromatic rings. The van der Waals surface area contributed by atoms with Crippen LogP contribution in [-0.2, 0) is 24.5 Å². The van der Waals surface area contributed by atoms with Crippen LogP contribution < -0.4 is 5.32 Å². The van der Waals surface area contributed by atoms with Gasteiger partial charge in [-0.15, -0.1) is 11.3 Å². The molecule has 0 saturated heterocycles. The molecule has 2 atom stereocenters. The van der Waals surface area contributed by atoms with Crippen LogP contribution in [0.2, 0.25) is 5.15 Å². The molecule has 4 heterocycles. The van der Waals surface area contributed by atoms with Crippen LogP contribution in [0.15, 0.2) is 121 Å². The van der Waals surface area contributed by atoms with Crippen LogP contribution in [-0.4, -0.2) is 56.1 Å². The first-order valence-corrected chi connectivity index (χ1v) is 21.2. The van der Waals surface area contributed by atoms with E-state index in [4.69, 9.17) is 45.7 Å². The Morgan fingerprint density at radius 3 is 2.07 bits per heavy atom. The van der Waals surface area contributed by atoms with Gasteiger partial charge in [-0.3, -0.25) is 4.79 Å². The van der Waals surface area contributed by atoms with Crippen molar-refractivity contribution in [2.75, 3.05) is 18.7 Å². The lowest BCUT2D eigenvalue weighted by molar-refractivity contribution is -0.164. The topological polar surface area (TPSA) is 130 Å². The monoisotopic (exact) mass is 842 g/mol. The average Bonchev–Trinajstić information content (AvgIpc) is 3.96. The number of hydrogen-bond donors (Lipinski definition) is 1. The summed E-state index contributed by atoms with van der Waals surface area (Å²) in [7, 11) is 0. The van der Waals surface area contributed by atoms with Crippen LogP contribution in [0.5, 0.6) is 0 Å². The highest BCUT2D eigenvalue weighted by Gasteiger charge is 2.49. The molecular formula is C46H40ClFN6O5S. The van der Waals surface area contributed by atoms with Gasteiger partial charge in [-0.05, 0) is 72.6 Å². The Kier molecular flexibility index (Phi) is 11.0. The fourth-order valence-electron chi connectivity index (χ4n) is 9.13. The molecule has 10 rings (SSSR count). The van der Waals surface area contributed by atoms with Crippen molar-refractivity contribution < 1.29 is 28.2 Å². The molecule has 3 aliphatic rings. The van der Waals surface area contributed by atoms with Crippen molar-refractivity contribution in [2.24, 2.45) is 17.8 Å². The molecule has 3 aliphatic carbocycles.